The van der Waals surface area contributed by atoms with E-state index in [1.54, 1.807) is 30.2 Å². The molecule has 1 atom stereocenters. The summed E-state index contributed by atoms with van der Waals surface area (Å²) in [5, 5.41) is 6.72. The van der Waals surface area contributed by atoms with Crippen LogP contribution in [-0.2, 0) is 11.8 Å². The Hall–Kier alpha value is -2.50. The van der Waals surface area contributed by atoms with Crippen LogP contribution in [0.15, 0.2) is 36.7 Å². The zero-order valence-electron chi connectivity index (χ0n) is 10.4. The first-order chi connectivity index (χ1) is 9.22. The van der Waals surface area contributed by atoms with Gasteiger partial charge in [0.15, 0.2) is 11.5 Å². The third-order valence-electron chi connectivity index (χ3n) is 2.77. The number of carbonyl (C=O) groups is 1. The van der Waals surface area contributed by atoms with E-state index in [2.05, 4.69) is 10.4 Å². The van der Waals surface area contributed by atoms with Gasteiger partial charge in [0.2, 0.25) is 6.10 Å². The normalized spacial score (nSPS) is 17.0. The summed E-state index contributed by atoms with van der Waals surface area (Å²) in [6.45, 7) is 0.198. The topological polar surface area (TPSA) is 65.4 Å². The summed E-state index contributed by atoms with van der Waals surface area (Å²) in [7, 11) is 1.78. The van der Waals surface area contributed by atoms with Crippen LogP contribution in [0.3, 0.4) is 0 Å². The summed E-state index contributed by atoms with van der Waals surface area (Å²) in [6, 6.07) is 7.28. The highest BCUT2D eigenvalue weighted by Gasteiger charge is 2.27. The lowest BCUT2D eigenvalue weighted by molar-refractivity contribution is -0.125. The molecule has 1 N–H and O–H groups in total. The van der Waals surface area contributed by atoms with E-state index in [0.717, 1.165) is 0 Å². The number of benzene rings is 1. The van der Waals surface area contributed by atoms with Crippen molar-refractivity contribution in [3.8, 4) is 11.5 Å². The van der Waals surface area contributed by atoms with Crippen molar-refractivity contribution in [1.82, 2.24) is 9.78 Å². The number of ether oxygens (including phenoxy) is 2. The van der Waals surface area contributed by atoms with Crippen LogP contribution in [0.1, 0.15) is 0 Å². The number of nitrogens with one attached hydrogen (secondary N) is 1. The van der Waals surface area contributed by atoms with Crippen LogP contribution in [0.25, 0.3) is 0 Å². The van der Waals surface area contributed by atoms with E-state index in [0.29, 0.717) is 17.2 Å². The van der Waals surface area contributed by atoms with Gasteiger partial charge in [0.25, 0.3) is 5.91 Å². The second-order valence-corrected chi connectivity index (χ2v) is 4.26. The van der Waals surface area contributed by atoms with E-state index < -0.39 is 6.10 Å². The van der Waals surface area contributed by atoms with E-state index >= 15 is 0 Å². The molecule has 1 aliphatic heterocycles. The third-order valence-corrected chi connectivity index (χ3v) is 2.77. The van der Waals surface area contributed by atoms with Gasteiger partial charge in [-0.05, 0) is 12.1 Å². The maximum atomic E-state index is 12.0. The molecular weight excluding hydrogens is 246 g/mol. The van der Waals surface area contributed by atoms with Crippen molar-refractivity contribution in [1.29, 1.82) is 0 Å². The number of rotatable bonds is 2. The van der Waals surface area contributed by atoms with Crippen molar-refractivity contribution in [3.05, 3.63) is 36.7 Å². The number of nitrogens with zero attached hydrogens (tertiary/aromatic N) is 2. The van der Waals surface area contributed by atoms with E-state index in [1.165, 1.54) is 0 Å². The Kier molecular flexibility index (Phi) is 2.83. The summed E-state index contributed by atoms with van der Waals surface area (Å²) < 4.78 is 12.7. The van der Waals surface area contributed by atoms with Crippen molar-refractivity contribution in [2.75, 3.05) is 11.9 Å². The number of amides is 1. The lowest BCUT2D eigenvalue weighted by Crippen LogP contribution is -2.40. The van der Waals surface area contributed by atoms with Crippen LogP contribution in [0.2, 0.25) is 0 Å². The standard InChI is InChI=1S/C13H13N3O3/c1-16-7-9(6-14-16)15-13(17)12-8-18-10-4-2-3-5-11(10)19-12/h2-7,12H,8H2,1H3,(H,15,17)/t12-/m0/s1. The Morgan fingerprint density at radius 2 is 2.21 bits per heavy atom. The molecule has 6 heteroatoms. The molecule has 0 unspecified atom stereocenters. The lowest BCUT2D eigenvalue weighted by atomic mass is 10.2. The SMILES string of the molecule is Cn1cc(NC(=O)[C@@H]2COc3ccccc3O2)cn1. The number of aryl methyl sites for hydroxylation is 1. The van der Waals surface area contributed by atoms with Gasteiger partial charge in [0.1, 0.15) is 6.61 Å². The molecule has 1 aromatic heterocycles. The smallest absolute Gasteiger partial charge is 0.269 e. The molecule has 0 aliphatic carbocycles. The molecule has 0 saturated carbocycles. The zero-order valence-corrected chi connectivity index (χ0v) is 10.4. The fourth-order valence-electron chi connectivity index (χ4n) is 1.86. The molecule has 0 saturated heterocycles. The molecular formula is C13H13N3O3. The van der Waals surface area contributed by atoms with Gasteiger partial charge in [0, 0.05) is 13.2 Å². The molecule has 98 valence electrons. The molecule has 0 spiro atoms. The van der Waals surface area contributed by atoms with Crippen molar-refractivity contribution in [3.63, 3.8) is 0 Å². The number of fused-ring (bicyclic) bond motifs is 1. The van der Waals surface area contributed by atoms with Crippen LogP contribution in [0.5, 0.6) is 11.5 Å². The monoisotopic (exact) mass is 259 g/mol. The van der Waals surface area contributed by atoms with E-state index in [-0.39, 0.29) is 12.5 Å². The molecule has 0 bridgehead atoms. The van der Waals surface area contributed by atoms with E-state index in [9.17, 15) is 4.79 Å². The van der Waals surface area contributed by atoms with E-state index in [4.69, 9.17) is 9.47 Å². The van der Waals surface area contributed by atoms with Crippen molar-refractivity contribution in [2.24, 2.45) is 7.05 Å². The number of aromatic nitrogens is 2. The van der Waals surface area contributed by atoms with Crippen LogP contribution in [-0.4, -0.2) is 28.4 Å². The molecule has 0 fully saturated rings. The molecule has 3 rings (SSSR count). The maximum Gasteiger partial charge on any atom is 0.269 e. The van der Waals surface area contributed by atoms with Crippen molar-refractivity contribution < 1.29 is 14.3 Å². The lowest BCUT2D eigenvalue weighted by Gasteiger charge is -2.25. The fraction of sp³-hybridized carbons (Fsp3) is 0.231. The average molecular weight is 259 g/mol. The summed E-state index contributed by atoms with van der Waals surface area (Å²) in [6.07, 6.45) is 2.64. The Morgan fingerprint density at radius 3 is 2.95 bits per heavy atom. The minimum absolute atomic E-state index is 0.198. The van der Waals surface area contributed by atoms with Crippen molar-refractivity contribution in [2.45, 2.75) is 6.10 Å². The molecule has 19 heavy (non-hydrogen) atoms. The zero-order chi connectivity index (χ0) is 13.2. The largest absolute Gasteiger partial charge is 0.485 e. The molecule has 6 nitrogen and oxygen atoms in total. The van der Waals surface area contributed by atoms with E-state index in [1.807, 2.05) is 18.2 Å². The molecule has 1 amide bonds. The number of hydrogen-bond acceptors (Lipinski definition) is 4. The highest BCUT2D eigenvalue weighted by molar-refractivity contribution is 5.94. The number of anilines is 1. The second-order valence-electron chi connectivity index (χ2n) is 4.26. The summed E-state index contributed by atoms with van der Waals surface area (Å²) >= 11 is 0. The Morgan fingerprint density at radius 1 is 1.42 bits per heavy atom. The number of carbonyl (C=O) groups excluding carboxylic acids is 1. The maximum absolute atomic E-state index is 12.0. The number of hydrogen-bond donors (Lipinski definition) is 1. The fourth-order valence-corrected chi connectivity index (χ4v) is 1.86. The Bertz CT molecular complexity index is 609. The molecule has 2 aromatic rings. The van der Waals surface area contributed by atoms with Gasteiger partial charge >= 0.3 is 0 Å². The van der Waals surface area contributed by atoms with Gasteiger partial charge in [-0.25, -0.2) is 0 Å². The molecule has 2 heterocycles. The van der Waals surface area contributed by atoms with Gasteiger partial charge in [-0.15, -0.1) is 0 Å². The van der Waals surface area contributed by atoms with Gasteiger partial charge in [-0.2, -0.15) is 5.10 Å². The van der Waals surface area contributed by atoms with Crippen LogP contribution in [0.4, 0.5) is 5.69 Å². The van der Waals surface area contributed by atoms with Gasteiger partial charge in [-0.3, -0.25) is 9.48 Å². The summed E-state index contributed by atoms with van der Waals surface area (Å²) in [5.41, 5.74) is 0.634. The first kappa shape index (κ1) is 11.6. The molecule has 1 aromatic carbocycles. The van der Waals surface area contributed by atoms with Gasteiger partial charge in [-0.1, -0.05) is 12.1 Å². The third kappa shape index (κ3) is 2.37. The highest BCUT2D eigenvalue weighted by Crippen LogP contribution is 2.31. The Balaban J connectivity index is 1.69. The predicted octanol–water partition coefficient (Wildman–Crippen LogP) is 1.20. The average Bonchev–Trinajstić information content (AvgIpc) is 2.83. The minimum atomic E-state index is -0.657. The van der Waals surface area contributed by atoms with Gasteiger partial charge < -0.3 is 14.8 Å². The quantitative estimate of drug-likeness (QED) is 0.880. The molecule has 1 aliphatic rings. The summed E-state index contributed by atoms with van der Waals surface area (Å²) in [4.78, 5) is 12.0. The highest BCUT2D eigenvalue weighted by atomic mass is 16.6. The Labute approximate surface area is 109 Å². The van der Waals surface area contributed by atoms with Crippen LogP contribution < -0.4 is 14.8 Å². The first-order valence-electron chi connectivity index (χ1n) is 5.90. The second kappa shape index (κ2) is 4.64. The predicted molar refractivity (Wildman–Crippen MR) is 68.2 cm³/mol. The minimum Gasteiger partial charge on any atom is -0.485 e. The first-order valence-corrected chi connectivity index (χ1v) is 5.90. The summed E-state index contributed by atoms with van der Waals surface area (Å²) in [5.74, 6) is 0.996. The van der Waals surface area contributed by atoms with Gasteiger partial charge in [0.05, 0.1) is 11.9 Å². The van der Waals surface area contributed by atoms with Crippen LogP contribution in [0, 0.1) is 0 Å². The number of para-hydroxylation sites is 2. The van der Waals surface area contributed by atoms with Crippen LogP contribution >= 0.6 is 0 Å². The van der Waals surface area contributed by atoms with Crippen molar-refractivity contribution >= 4 is 11.6 Å². The molecule has 0 radical (unpaired) electrons.